The number of carbonyl (C=O) groups excluding carboxylic acids is 1. The Morgan fingerprint density at radius 1 is 1.43 bits per heavy atom. The van der Waals surface area contributed by atoms with E-state index < -0.39 is 0 Å². The summed E-state index contributed by atoms with van der Waals surface area (Å²) in [4.78, 5) is 14.1. The van der Waals surface area contributed by atoms with E-state index in [2.05, 4.69) is 15.5 Å². The van der Waals surface area contributed by atoms with Gasteiger partial charge in [-0.2, -0.15) is 0 Å². The van der Waals surface area contributed by atoms with E-state index in [1.807, 2.05) is 40.6 Å². The van der Waals surface area contributed by atoms with Crippen LogP contribution in [0.5, 0.6) is 0 Å². The first kappa shape index (κ1) is 15.7. The van der Waals surface area contributed by atoms with Crippen LogP contribution in [0.15, 0.2) is 24.4 Å². The van der Waals surface area contributed by atoms with Gasteiger partial charge in [0.2, 0.25) is 0 Å². The fraction of sp³-hybridized carbons (Fsp3) is 0.562. The van der Waals surface area contributed by atoms with Crippen molar-refractivity contribution in [2.24, 2.45) is 0 Å². The molecule has 0 aliphatic carbocycles. The maximum Gasteiger partial charge on any atom is 0.317 e. The second-order valence-electron chi connectivity index (χ2n) is 5.70. The molecule has 23 heavy (non-hydrogen) atoms. The molecular formula is C16H23N5O2. The van der Waals surface area contributed by atoms with Crippen LogP contribution in [0, 0.1) is 0 Å². The molecule has 1 aliphatic rings. The van der Waals surface area contributed by atoms with Gasteiger partial charge in [-0.1, -0.05) is 6.07 Å². The van der Waals surface area contributed by atoms with E-state index in [0.29, 0.717) is 26.3 Å². The summed E-state index contributed by atoms with van der Waals surface area (Å²) in [6.07, 6.45) is 3.98. The standard InChI is InChI=1S/C16H23N5O2/c1-2-23-11-8-17-16(22)20-9-5-6-13(12-20)15-19-18-14-7-3-4-10-21(14)15/h3-4,7,10,13H,2,5-6,8-9,11-12H2,1H3,(H,17,22). The summed E-state index contributed by atoms with van der Waals surface area (Å²) < 4.78 is 7.26. The molecule has 3 heterocycles. The molecule has 2 aromatic heterocycles. The summed E-state index contributed by atoms with van der Waals surface area (Å²) in [5.41, 5.74) is 0.848. The molecule has 1 unspecified atom stereocenters. The number of nitrogens with one attached hydrogen (secondary N) is 1. The van der Waals surface area contributed by atoms with E-state index in [9.17, 15) is 4.79 Å². The predicted octanol–water partition coefficient (Wildman–Crippen LogP) is 1.65. The first-order valence-corrected chi connectivity index (χ1v) is 8.19. The highest BCUT2D eigenvalue weighted by Gasteiger charge is 2.27. The molecule has 0 radical (unpaired) electrons. The number of nitrogens with zero attached hydrogens (tertiary/aromatic N) is 4. The van der Waals surface area contributed by atoms with Gasteiger partial charge in [-0.05, 0) is 31.9 Å². The lowest BCUT2D eigenvalue weighted by atomic mass is 9.97. The summed E-state index contributed by atoms with van der Waals surface area (Å²) in [6, 6.07) is 5.84. The third-order valence-electron chi connectivity index (χ3n) is 4.14. The van der Waals surface area contributed by atoms with Crippen LogP contribution in [0.3, 0.4) is 0 Å². The van der Waals surface area contributed by atoms with Gasteiger partial charge in [-0.3, -0.25) is 4.40 Å². The maximum absolute atomic E-state index is 12.3. The van der Waals surface area contributed by atoms with Crippen molar-refractivity contribution in [1.82, 2.24) is 24.8 Å². The third kappa shape index (κ3) is 3.61. The number of hydrogen-bond donors (Lipinski definition) is 1. The lowest BCUT2D eigenvalue weighted by molar-refractivity contribution is 0.142. The van der Waals surface area contributed by atoms with Crippen molar-refractivity contribution in [3.63, 3.8) is 0 Å². The van der Waals surface area contributed by atoms with Crippen molar-refractivity contribution in [1.29, 1.82) is 0 Å². The smallest absolute Gasteiger partial charge is 0.317 e. The van der Waals surface area contributed by atoms with Crippen LogP contribution < -0.4 is 5.32 Å². The van der Waals surface area contributed by atoms with Crippen LogP contribution in [0.2, 0.25) is 0 Å². The van der Waals surface area contributed by atoms with Gasteiger partial charge in [-0.15, -0.1) is 10.2 Å². The zero-order valence-corrected chi connectivity index (χ0v) is 13.4. The lowest BCUT2D eigenvalue weighted by Crippen LogP contribution is -2.46. The number of urea groups is 1. The highest BCUT2D eigenvalue weighted by atomic mass is 16.5. The van der Waals surface area contributed by atoms with Crippen molar-refractivity contribution < 1.29 is 9.53 Å². The van der Waals surface area contributed by atoms with Crippen molar-refractivity contribution in [2.45, 2.75) is 25.7 Å². The predicted molar refractivity (Wildman–Crippen MR) is 86.4 cm³/mol. The van der Waals surface area contributed by atoms with E-state index in [-0.39, 0.29) is 11.9 Å². The Bertz CT molecular complexity index is 657. The van der Waals surface area contributed by atoms with Gasteiger partial charge in [0.1, 0.15) is 5.82 Å². The Balaban J connectivity index is 1.63. The average Bonchev–Trinajstić information content (AvgIpc) is 3.03. The summed E-state index contributed by atoms with van der Waals surface area (Å²) in [7, 11) is 0. The fourth-order valence-corrected chi connectivity index (χ4v) is 3.00. The molecule has 1 atom stereocenters. The lowest BCUT2D eigenvalue weighted by Gasteiger charge is -2.32. The molecule has 3 rings (SSSR count). The molecule has 0 spiro atoms. The Hall–Kier alpha value is -2.15. The van der Waals surface area contributed by atoms with Crippen LogP contribution in [-0.2, 0) is 4.74 Å². The number of piperidine rings is 1. The Morgan fingerprint density at radius 2 is 2.35 bits per heavy atom. The molecule has 2 aromatic rings. The first-order chi connectivity index (χ1) is 11.3. The van der Waals surface area contributed by atoms with Crippen LogP contribution in [0.4, 0.5) is 4.79 Å². The van der Waals surface area contributed by atoms with E-state index in [1.165, 1.54) is 0 Å². The van der Waals surface area contributed by atoms with Gasteiger partial charge in [-0.25, -0.2) is 4.79 Å². The Kier molecular flexibility index (Phi) is 5.07. The van der Waals surface area contributed by atoms with Crippen molar-refractivity contribution in [3.8, 4) is 0 Å². The monoisotopic (exact) mass is 317 g/mol. The van der Waals surface area contributed by atoms with Crippen molar-refractivity contribution in [2.75, 3.05) is 32.8 Å². The number of rotatable bonds is 5. The number of pyridine rings is 1. The molecule has 7 nitrogen and oxygen atoms in total. The number of hydrogen-bond acceptors (Lipinski definition) is 4. The van der Waals surface area contributed by atoms with Crippen LogP contribution in [0.25, 0.3) is 5.65 Å². The second kappa shape index (κ2) is 7.41. The molecular weight excluding hydrogens is 294 g/mol. The molecule has 0 bridgehead atoms. The zero-order chi connectivity index (χ0) is 16.1. The quantitative estimate of drug-likeness (QED) is 0.851. The van der Waals surface area contributed by atoms with Gasteiger partial charge in [0.25, 0.3) is 0 Å². The number of amides is 2. The molecule has 124 valence electrons. The Morgan fingerprint density at radius 3 is 3.22 bits per heavy atom. The van der Waals surface area contributed by atoms with Gasteiger partial charge >= 0.3 is 6.03 Å². The van der Waals surface area contributed by atoms with E-state index in [1.54, 1.807) is 0 Å². The number of likely N-dealkylation sites (tertiary alicyclic amines) is 1. The summed E-state index contributed by atoms with van der Waals surface area (Å²) in [5, 5.41) is 11.5. The molecule has 1 saturated heterocycles. The molecule has 1 N–H and O–H groups in total. The van der Waals surface area contributed by atoms with Gasteiger partial charge in [0, 0.05) is 38.4 Å². The number of carbonyl (C=O) groups is 1. The third-order valence-corrected chi connectivity index (χ3v) is 4.14. The molecule has 7 heteroatoms. The first-order valence-electron chi connectivity index (χ1n) is 8.19. The van der Waals surface area contributed by atoms with E-state index in [0.717, 1.165) is 30.9 Å². The average molecular weight is 317 g/mol. The molecule has 2 amide bonds. The molecule has 0 aromatic carbocycles. The van der Waals surface area contributed by atoms with Crippen LogP contribution in [-0.4, -0.2) is 58.4 Å². The normalized spacial score (nSPS) is 18.3. The zero-order valence-electron chi connectivity index (χ0n) is 13.4. The second-order valence-corrected chi connectivity index (χ2v) is 5.70. The fourth-order valence-electron chi connectivity index (χ4n) is 3.00. The topological polar surface area (TPSA) is 71.8 Å². The minimum absolute atomic E-state index is 0.0248. The SMILES string of the molecule is CCOCCNC(=O)N1CCCC(c2nnc3ccccn23)C1. The van der Waals surface area contributed by atoms with Crippen LogP contribution in [0.1, 0.15) is 31.5 Å². The number of aromatic nitrogens is 3. The van der Waals surface area contributed by atoms with E-state index in [4.69, 9.17) is 4.74 Å². The summed E-state index contributed by atoms with van der Waals surface area (Å²) in [6.45, 7) is 5.17. The minimum Gasteiger partial charge on any atom is -0.380 e. The van der Waals surface area contributed by atoms with Gasteiger partial charge in [0.05, 0.1) is 6.61 Å². The number of fused-ring (bicyclic) bond motifs is 1. The molecule has 1 aliphatic heterocycles. The largest absolute Gasteiger partial charge is 0.380 e. The van der Waals surface area contributed by atoms with Crippen LogP contribution >= 0.6 is 0 Å². The highest BCUT2D eigenvalue weighted by molar-refractivity contribution is 5.74. The van der Waals surface area contributed by atoms with Gasteiger partial charge < -0.3 is 15.0 Å². The van der Waals surface area contributed by atoms with Crippen molar-refractivity contribution in [3.05, 3.63) is 30.2 Å². The minimum atomic E-state index is -0.0248. The molecule has 1 fully saturated rings. The Labute approximate surface area is 135 Å². The number of ether oxygens (including phenoxy) is 1. The van der Waals surface area contributed by atoms with E-state index >= 15 is 0 Å². The highest BCUT2D eigenvalue weighted by Crippen LogP contribution is 2.25. The summed E-state index contributed by atoms with van der Waals surface area (Å²) >= 11 is 0. The van der Waals surface area contributed by atoms with Crippen molar-refractivity contribution >= 4 is 11.7 Å². The summed E-state index contributed by atoms with van der Waals surface area (Å²) in [5.74, 6) is 1.16. The van der Waals surface area contributed by atoms with Gasteiger partial charge in [0.15, 0.2) is 5.65 Å². The maximum atomic E-state index is 12.3. The molecule has 0 saturated carbocycles.